The van der Waals surface area contributed by atoms with Crippen molar-refractivity contribution >= 4 is 49.1 Å². The standard InChI is InChI=1S/C15H9BrF2N2O3S/c16-7-1-9(17)12(10(18)2-7)23-4-6-5-24-13-8(15(21)22)3-20-14(19)11(6)13/h1-3,5H,4H2,(H2,19,20)(H,21,22). The summed E-state index contributed by atoms with van der Waals surface area (Å²) >= 11 is 4.14. The minimum absolute atomic E-state index is 0.0106. The van der Waals surface area contributed by atoms with Crippen LogP contribution in [0.15, 0.2) is 28.2 Å². The molecule has 24 heavy (non-hydrogen) atoms. The van der Waals surface area contributed by atoms with E-state index >= 15 is 0 Å². The van der Waals surface area contributed by atoms with E-state index in [2.05, 4.69) is 20.9 Å². The van der Waals surface area contributed by atoms with Gasteiger partial charge in [0.05, 0.1) is 10.3 Å². The minimum Gasteiger partial charge on any atom is -0.483 e. The number of pyridine rings is 1. The van der Waals surface area contributed by atoms with E-state index in [9.17, 15) is 18.7 Å². The first-order chi connectivity index (χ1) is 11.4. The van der Waals surface area contributed by atoms with E-state index in [-0.39, 0.29) is 22.5 Å². The van der Waals surface area contributed by atoms with Crippen molar-refractivity contribution in [2.75, 3.05) is 5.73 Å². The van der Waals surface area contributed by atoms with Crippen molar-refractivity contribution < 1.29 is 23.4 Å². The topological polar surface area (TPSA) is 85.4 Å². The van der Waals surface area contributed by atoms with Crippen LogP contribution in [0.5, 0.6) is 5.75 Å². The number of fused-ring (bicyclic) bond motifs is 1. The van der Waals surface area contributed by atoms with Gasteiger partial charge in [-0.25, -0.2) is 18.6 Å². The van der Waals surface area contributed by atoms with E-state index in [4.69, 9.17) is 10.5 Å². The van der Waals surface area contributed by atoms with Gasteiger partial charge in [0.1, 0.15) is 12.4 Å². The van der Waals surface area contributed by atoms with Gasteiger partial charge in [-0.1, -0.05) is 15.9 Å². The summed E-state index contributed by atoms with van der Waals surface area (Å²) in [4.78, 5) is 15.1. The lowest BCUT2D eigenvalue weighted by Gasteiger charge is -2.09. The third-order valence-electron chi connectivity index (χ3n) is 3.27. The number of nitrogen functional groups attached to an aromatic ring is 1. The summed E-state index contributed by atoms with van der Waals surface area (Å²) in [5.74, 6) is -3.21. The van der Waals surface area contributed by atoms with Crippen LogP contribution in [-0.4, -0.2) is 16.1 Å². The lowest BCUT2D eigenvalue weighted by Crippen LogP contribution is -2.03. The zero-order valence-electron chi connectivity index (χ0n) is 11.8. The van der Waals surface area contributed by atoms with Gasteiger partial charge in [0, 0.05) is 21.6 Å². The molecule has 0 aliphatic rings. The fourth-order valence-electron chi connectivity index (χ4n) is 2.21. The second-order valence-corrected chi connectivity index (χ2v) is 6.61. The molecule has 2 heterocycles. The molecular weight excluding hydrogens is 406 g/mol. The van der Waals surface area contributed by atoms with Gasteiger partial charge in [-0.3, -0.25) is 0 Å². The molecule has 1 aromatic carbocycles. The largest absolute Gasteiger partial charge is 0.483 e. The highest BCUT2D eigenvalue weighted by Gasteiger charge is 2.18. The van der Waals surface area contributed by atoms with E-state index in [1.807, 2.05) is 0 Å². The zero-order valence-corrected chi connectivity index (χ0v) is 14.2. The van der Waals surface area contributed by atoms with Gasteiger partial charge < -0.3 is 15.6 Å². The number of rotatable bonds is 4. The summed E-state index contributed by atoms with van der Waals surface area (Å²) in [5.41, 5.74) is 6.33. The van der Waals surface area contributed by atoms with Crippen LogP contribution in [0.25, 0.3) is 10.1 Å². The SMILES string of the molecule is Nc1ncc(C(=O)O)c2scc(COc3c(F)cc(Br)cc3F)c12. The van der Waals surface area contributed by atoms with Gasteiger partial charge in [0.15, 0.2) is 17.4 Å². The summed E-state index contributed by atoms with van der Waals surface area (Å²) in [6, 6.07) is 2.17. The fraction of sp³-hybridized carbons (Fsp3) is 0.0667. The predicted molar refractivity (Wildman–Crippen MR) is 89.4 cm³/mol. The molecule has 3 N–H and O–H groups in total. The van der Waals surface area contributed by atoms with Gasteiger partial charge in [-0.2, -0.15) is 0 Å². The van der Waals surface area contributed by atoms with Gasteiger partial charge in [-0.05, 0) is 17.5 Å². The molecule has 0 spiro atoms. The number of benzene rings is 1. The number of halogens is 3. The second-order valence-electron chi connectivity index (χ2n) is 4.81. The molecule has 3 aromatic rings. The van der Waals surface area contributed by atoms with Crippen molar-refractivity contribution in [1.29, 1.82) is 0 Å². The lowest BCUT2D eigenvalue weighted by atomic mass is 10.1. The van der Waals surface area contributed by atoms with Gasteiger partial charge in [-0.15, -0.1) is 11.3 Å². The Morgan fingerprint density at radius 2 is 2.04 bits per heavy atom. The van der Waals surface area contributed by atoms with Gasteiger partial charge >= 0.3 is 5.97 Å². The maximum atomic E-state index is 13.8. The number of nitrogens with zero attached hydrogens (tertiary/aromatic N) is 1. The Labute approximate surface area is 146 Å². The van der Waals surface area contributed by atoms with Crippen LogP contribution in [0.4, 0.5) is 14.6 Å². The Morgan fingerprint density at radius 1 is 1.38 bits per heavy atom. The van der Waals surface area contributed by atoms with E-state index in [0.717, 1.165) is 23.5 Å². The van der Waals surface area contributed by atoms with Crippen LogP contribution in [0, 0.1) is 11.6 Å². The molecule has 0 bridgehead atoms. The highest BCUT2D eigenvalue weighted by molar-refractivity contribution is 9.10. The number of aromatic nitrogens is 1. The van der Waals surface area contributed by atoms with Crippen LogP contribution in [0.3, 0.4) is 0 Å². The van der Waals surface area contributed by atoms with Gasteiger partial charge in [0.2, 0.25) is 0 Å². The summed E-state index contributed by atoms with van der Waals surface area (Å²) < 4.78 is 33.5. The molecule has 0 saturated heterocycles. The Hall–Kier alpha value is -2.26. The molecule has 0 atom stereocenters. The average Bonchev–Trinajstić information content (AvgIpc) is 2.91. The molecule has 9 heteroatoms. The number of hydrogen-bond acceptors (Lipinski definition) is 5. The van der Waals surface area contributed by atoms with Crippen molar-refractivity contribution in [3.8, 4) is 5.75 Å². The Bertz CT molecular complexity index is 938. The number of hydrogen-bond donors (Lipinski definition) is 2. The summed E-state index contributed by atoms with van der Waals surface area (Å²) in [7, 11) is 0. The normalized spacial score (nSPS) is 11.0. The summed E-state index contributed by atoms with van der Waals surface area (Å²) in [6.45, 7) is -0.176. The predicted octanol–water partition coefficient (Wildman–Crippen LogP) is 4.20. The van der Waals surface area contributed by atoms with Crippen LogP contribution in [0.1, 0.15) is 15.9 Å². The molecule has 0 radical (unpaired) electrons. The molecule has 124 valence electrons. The van der Waals surface area contributed by atoms with Crippen LogP contribution in [-0.2, 0) is 6.61 Å². The van der Waals surface area contributed by atoms with E-state index in [1.165, 1.54) is 6.20 Å². The Balaban J connectivity index is 1.97. The number of ether oxygens (including phenoxy) is 1. The molecular formula is C15H9BrF2N2O3S. The highest BCUT2D eigenvalue weighted by Crippen LogP contribution is 2.34. The quantitative estimate of drug-likeness (QED) is 0.668. The van der Waals surface area contributed by atoms with Gasteiger partial charge in [0.25, 0.3) is 0 Å². The van der Waals surface area contributed by atoms with Crippen molar-refractivity contribution in [3.63, 3.8) is 0 Å². The van der Waals surface area contributed by atoms with Crippen molar-refractivity contribution in [3.05, 3.63) is 50.9 Å². The number of anilines is 1. The van der Waals surface area contributed by atoms with E-state index in [1.54, 1.807) is 5.38 Å². The number of carboxylic acid groups (broad SMARTS) is 1. The molecule has 0 fully saturated rings. The molecule has 5 nitrogen and oxygen atoms in total. The highest BCUT2D eigenvalue weighted by atomic mass is 79.9. The van der Waals surface area contributed by atoms with Crippen LogP contribution < -0.4 is 10.5 Å². The van der Waals surface area contributed by atoms with Crippen molar-refractivity contribution in [2.24, 2.45) is 0 Å². The summed E-state index contributed by atoms with van der Waals surface area (Å²) in [5, 5.41) is 11.2. The second kappa shape index (κ2) is 6.33. The first-order valence-corrected chi connectivity index (χ1v) is 8.21. The lowest BCUT2D eigenvalue weighted by molar-refractivity contribution is 0.0699. The zero-order chi connectivity index (χ0) is 17.4. The number of nitrogens with two attached hydrogens (primary N) is 1. The number of thiophene rings is 1. The number of carboxylic acids is 1. The third-order valence-corrected chi connectivity index (χ3v) is 4.79. The number of carbonyl (C=O) groups is 1. The number of aromatic carboxylic acids is 1. The van der Waals surface area contributed by atoms with Crippen LogP contribution >= 0.6 is 27.3 Å². The molecule has 0 aliphatic heterocycles. The third kappa shape index (κ3) is 2.92. The molecule has 2 aromatic heterocycles. The first kappa shape index (κ1) is 16.6. The average molecular weight is 415 g/mol. The summed E-state index contributed by atoms with van der Waals surface area (Å²) in [6.07, 6.45) is 1.18. The molecule has 0 unspecified atom stereocenters. The molecule has 0 aliphatic carbocycles. The van der Waals surface area contributed by atoms with Crippen molar-refractivity contribution in [1.82, 2.24) is 4.98 Å². The van der Waals surface area contributed by atoms with Crippen LogP contribution in [0.2, 0.25) is 0 Å². The Kier molecular flexibility index (Phi) is 4.37. The minimum atomic E-state index is -1.13. The maximum Gasteiger partial charge on any atom is 0.338 e. The Morgan fingerprint density at radius 3 is 2.67 bits per heavy atom. The maximum absolute atomic E-state index is 13.8. The monoisotopic (exact) mass is 414 g/mol. The van der Waals surface area contributed by atoms with E-state index in [0.29, 0.717) is 15.6 Å². The first-order valence-electron chi connectivity index (χ1n) is 6.53. The fourth-order valence-corrected chi connectivity index (χ4v) is 3.67. The molecule has 3 rings (SSSR count). The van der Waals surface area contributed by atoms with Crippen molar-refractivity contribution in [2.45, 2.75) is 6.61 Å². The van der Waals surface area contributed by atoms with E-state index < -0.39 is 23.4 Å². The smallest absolute Gasteiger partial charge is 0.338 e. The molecule has 0 amide bonds. The molecule has 0 saturated carbocycles.